The Hall–Kier alpha value is -7.72. The maximum Gasteiger partial charge on any atom is 0.135 e. The highest BCUT2D eigenvalue weighted by atomic mass is 32.1. The molecular weight excluding hydrogens is 759 g/mol. The van der Waals surface area contributed by atoms with Crippen LogP contribution in [0.4, 0.5) is 17.1 Å². The van der Waals surface area contributed by atoms with Gasteiger partial charge in [0.1, 0.15) is 11.2 Å². The van der Waals surface area contributed by atoms with E-state index in [1.54, 1.807) is 0 Å². The van der Waals surface area contributed by atoms with E-state index in [-0.39, 0.29) is 0 Å². The zero-order valence-electron chi connectivity index (χ0n) is 33.1. The van der Waals surface area contributed by atoms with E-state index in [2.05, 4.69) is 217 Å². The lowest BCUT2D eigenvalue weighted by molar-refractivity contribution is 0.669. The zero-order chi connectivity index (χ0) is 40.3. The number of hydrogen-bond donors (Lipinski definition) is 0. The summed E-state index contributed by atoms with van der Waals surface area (Å²) in [5.74, 6) is 0. The van der Waals surface area contributed by atoms with E-state index in [0.717, 1.165) is 55.7 Å². The van der Waals surface area contributed by atoms with Gasteiger partial charge in [0.05, 0.1) is 5.69 Å². The Bertz CT molecular complexity index is 3610. The first kappa shape index (κ1) is 35.2. The number of furan rings is 1. The molecule has 0 atom stereocenters. The Labute approximate surface area is 357 Å². The van der Waals surface area contributed by atoms with E-state index >= 15 is 0 Å². The van der Waals surface area contributed by atoms with Gasteiger partial charge in [-0.3, -0.25) is 0 Å². The lowest BCUT2D eigenvalue weighted by Crippen LogP contribution is -2.11. The van der Waals surface area contributed by atoms with Gasteiger partial charge in [0, 0.05) is 47.9 Å². The first-order valence-corrected chi connectivity index (χ1v) is 21.5. The van der Waals surface area contributed by atoms with Gasteiger partial charge < -0.3 is 9.32 Å². The first-order chi connectivity index (χ1) is 30.2. The molecule has 2 heterocycles. The summed E-state index contributed by atoms with van der Waals surface area (Å²) < 4.78 is 8.88. The summed E-state index contributed by atoms with van der Waals surface area (Å²) in [6.07, 6.45) is 0. The van der Waals surface area contributed by atoms with Crippen LogP contribution in [0.5, 0.6) is 0 Å². The van der Waals surface area contributed by atoms with E-state index in [0.29, 0.717) is 0 Å². The van der Waals surface area contributed by atoms with Crippen LogP contribution in [0.1, 0.15) is 0 Å². The fourth-order valence-electron chi connectivity index (χ4n) is 9.11. The van der Waals surface area contributed by atoms with E-state index in [1.807, 2.05) is 23.5 Å². The number of para-hydroxylation sites is 2. The minimum Gasteiger partial charge on any atom is -0.456 e. The molecule has 0 saturated heterocycles. The molecule has 0 radical (unpaired) electrons. The van der Waals surface area contributed by atoms with Gasteiger partial charge >= 0.3 is 0 Å². The highest BCUT2D eigenvalue weighted by Crippen LogP contribution is 2.44. The van der Waals surface area contributed by atoms with Crippen molar-refractivity contribution in [3.8, 4) is 44.5 Å². The second-order valence-corrected chi connectivity index (χ2v) is 16.8. The minimum atomic E-state index is 0.891. The molecule has 0 spiro atoms. The van der Waals surface area contributed by atoms with Crippen LogP contribution in [0, 0.1) is 0 Å². The van der Waals surface area contributed by atoms with Gasteiger partial charge in [-0.2, -0.15) is 0 Å². The Balaban J connectivity index is 0.990. The van der Waals surface area contributed by atoms with E-state index in [4.69, 9.17) is 4.42 Å². The molecule has 61 heavy (non-hydrogen) atoms. The quantitative estimate of drug-likeness (QED) is 0.160. The molecule has 0 bridgehead atoms. The number of rotatable bonds is 7. The van der Waals surface area contributed by atoms with Crippen molar-refractivity contribution < 1.29 is 4.42 Å². The van der Waals surface area contributed by atoms with E-state index in [1.165, 1.54) is 58.8 Å². The molecule has 0 saturated carbocycles. The normalized spacial score (nSPS) is 11.6. The molecule has 0 aliphatic carbocycles. The topological polar surface area (TPSA) is 16.4 Å². The Morgan fingerprint density at radius 2 is 0.918 bits per heavy atom. The Morgan fingerprint density at radius 1 is 0.311 bits per heavy atom. The Morgan fingerprint density at radius 3 is 1.84 bits per heavy atom. The molecule has 12 aromatic rings. The van der Waals surface area contributed by atoms with Crippen molar-refractivity contribution in [1.29, 1.82) is 0 Å². The van der Waals surface area contributed by atoms with E-state index < -0.39 is 0 Å². The second kappa shape index (κ2) is 14.5. The van der Waals surface area contributed by atoms with Crippen molar-refractivity contribution in [1.82, 2.24) is 0 Å². The number of hydrogen-bond acceptors (Lipinski definition) is 3. The Kier molecular flexibility index (Phi) is 8.39. The third-order valence-electron chi connectivity index (χ3n) is 12.1. The van der Waals surface area contributed by atoms with Gasteiger partial charge in [0.15, 0.2) is 0 Å². The van der Waals surface area contributed by atoms with Crippen molar-refractivity contribution in [2.24, 2.45) is 0 Å². The smallest absolute Gasteiger partial charge is 0.135 e. The SMILES string of the molecule is c1cc(-c2cccc(N(c3ccc(-c4ccc5c(c4)sc4ccccc45)cc3)c3ccccc3-c3ccc4oc5ccccc5c4c3)c2)cc(-c2cccc3ccccc23)c1. The van der Waals surface area contributed by atoms with Gasteiger partial charge in [-0.05, 0) is 116 Å². The second-order valence-electron chi connectivity index (χ2n) is 15.7. The fourth-order valence-corrected chi connectivity index (χ4v) is 10.3. The highest BCUT2D eigenvalue weighted by Gasteiger charge is 2.19. The van der Waals surface area contributed by atoms with Crippen LogP contribution >= 0.6 is 11.3 Å². The molecule has 0 fully saturated rings. The molecule has 12 rings (SSSR count). The summed E-state index contributed by atoms with van der Waals surface area (Å²) in [4.78, 5) is 2.41. The molecule has 0 N–H and O–H groups in total. The number of nitrogens with zero attached hydrogens (tertiary/aromatic N) is 1. The molecule has 2 aromatic heterocycles. The summed E-state index contributed by atoms with van der Waals surface area (Å²) in [7, 11) is 0. The third-order valence-corrected chi connectivity index (χ3v) is 13.2. The molecule has 286 valence electrons. The van der Waals surface area contributed by atoms with Crippen molar-refractivity contribution in [3.63, 3.8) is 0 Å². The van der Waals surface area contributed by atoms with Crippen LogP contribution < -0.4 is 4.90 Å². The van der Waals surface area contributed by atoms with Crippen molar-refractivity contribution >= 4 is 81.3 Å². The summed E-state index contributed by atoms with van der Waals surface area (Å²) in [5, 5.41) is 7.37. The van der Waals surface area contributed by atoms with Gasteiger partial charge in [-0.15, -0.1) is 11.3 Å². The average Bonchev–Trinajstić information content (AvgIpc) is 3.90. The van der Waals surface area contributed by atoms with Crippen molar-refractivity contribution in [3.05, 3.63) is 224 Å². The predicted octanol–water partition coefficient (Wildman–Crippen LogP) is 17.2. The number of anilines is 3. The van der Waals surface area contributed by atoms with Gasteiger partial charge in [-0.25, -0.2) is 0 Å². The van der Waals surface area contributed by atoms with Crippen molar-refractivity contribution in [2.45, 2.75) is 0 Å². The van der Waals surface area contributed by atoms with Crippen LogP contribution in [-0.2, 0) is 0 Å². The zero-order valence-corrected chi connectivity index (χ0v) is 33.9. The van der Waals surface area contributed by atoms with E-state index in [9.17, 15) is 0 Å². The molecule has 0 unspecified atom stereocenters. The highest BCUT2D eigenvalue weighted by molar-refractivity contribution is 7.25. The summed E-state index contributed by atoms with van der Waals surface area (Å²) in [6.45, 7) is 0. The minimum absolute atomic E-state index is 0.891. The largest absolute Gasteiger partial charge is 0.456 e. The maximum absolute atomic E-state index is 6.25. The molecule has 2 nitrogen and oxygen atoms in total. The molecule has 3 heteroatoms. The van der Waals surface area contributed by atoms with Crippen LogP contribution in [0.25, 0.3) is 97.4 Å². The number of thiophene rings is 1. The van der Waals surface area contributed by atoms with Crippen LogP contribution in [0.15, 0.2) is 229 Å². The summed E-state index contributed by atoms with van der Waals surface area (Å²) >= 11 is 1.86. The standard InChI is InChI=1S/C58H37NOS/c1-2-18-47-39(12-1)13-11-22-48(47)43-16-9-14-40(34-43)41-15-10-17-46(35-41)59(45-30-26-38(27-31-45)42-28-32-52-51-21-5-8-25-57(51)61-58(52)37-42)54-23-6-3-19-49(54)44-29-33-56-53(36-44)50-20-4-7-24-55(50)60-56/h1-37H. The lowest BCUT2D eigenvalue weighted by atomic mass is 9.95. The summed E-state index contributed by atoms with van der Waals surface area (Å²) in [6, 6.07) is 81.3. The molecule has 10 aromatic carbocycles. The van der Waals surface area contributed by atoms with Gasteiger partial charge in [0.25, 0.3) is 0 Å². The van der Waals surface area contributed by atoms with Gasteiger partial charge in [0.2, 0.25) is 0 Å². The molecule has 0 amide bonds. The third kappa shape index (κ3) is 6.18. The molecule has 0 aliphatic heterocycles. The monoisotopic (exact) mass is 795 g/mol. The predicted molar refractivity (Wildman–Crippen MR) is 261 cm³/mol. The number of benzene rings is 10. The molecule has 0 aliphatic rings. The average molecular weight is 796 g/mol. The van der Waals surface area contributed by atoms with Crippen molar-refractivity contribution in [2.75, 3.05) is 4.90 Å². The fraction of sp³-hybridized carbons (Fsp3) is 0. The summed E-state index contributed by atoms with van der Waals surface area (Å²) in [5.41, 5.74) is 14.5. The van der Waals surface area contributed by atoms with Crippen LogP contribution in [0.3, 0.4) is 0 Å². The maximum atomic E-state index is 6.25. The number of fused-ring (bicyclic) bond motifs is 7. The van der Waals surface area contributed by atoms with Crippen LogP contribution in [-0.4, -0.2) is 0 Å². The first-order valence-electron chi connectivity index (χ1n) is 20.7. The molecular formula is C58H37NOS. The van der Waals surface area contributed by atoms with Gasteiger partial charge in [-0.1, -0.05) is 158 Å². The lowest BCUT2D eigenvalue weighted by Gasteiger charge is -2.28. The van der Waals surface area contributed by atoms with Crippen LogP contribution in [0.2, 0.25) is 0 Å².